The average molecular weight is 577 g/mol. The van der Waals surface area contributed by atoms with Crippen LogP contribution in [0.15, 0.2) is 151 Å². The van der Waals surface area contributed by atoms with Gasteiger partial charge in [0.2, 0.25) is 0 Å². The van der Waals surface area contributed by atoms with E-state index in [1.54, 1.807) is 0 Å². The second kappa shape index (κ2) is 12.9. The zero-order chi connectivity index (χ0) is 30.5. The highest BCUT2D eigenvalue weighted by molar-refractivity contribution is 5.79. The standard InChI is InChI=1S/C40H36N2O2/c1-29-9-7-13-38(27-29)41(34-11-5-4-6-12-34)35-19-15-32(16-20-35)33-17-21-36(22-18-33)42(39-14-8-10-30(2)28-39)37-23-25-40(26-24-37)44-31(3)43/h4-25,27-28,40H,26H2,1-3H3. The van der Waals surface area contributed by atoms with Crippen molar-refractivity contribution in [1.29, 1.82) is 0 Å². The molecule has 0 saturated carbocycles. The molecule has 0 aromatic heterocycles. The normalized spacial score (nSPS) is 14.1. The molecule has 1 unspecified atom stereocenters. The molecule has 1 aliphatic rings. The molecule has 0 fully saturated rings. The van der Waals surface area contributed by atoms with Crippen molar-refractivity contribution < 1.29 is 9.53 Å². The highest BCUT2D eigenvalue weighted by Gasteiger charge is 2.19. The van der Waals surface area contributed by atoms with Crippen LogP contribution in [0.2, 0.25) is 0 Å². The number of carbonyl (C=O) groups is 1. The summed E-state index contributed by atoms with van der Waals surface area (Å²) in [5.74, 6) is -0.265. The monoisotopic (exact) mass is 576 g/mol. The van der Waals surface area contributed by atoms with E-state index in [4.69, 9.17) is 4.74 Å². The first-order valence-corrected chi connectivity index (χ1v) is 15.0. The minimum Gasteiger partial charge on any atom is -0.458 e. The summed E-state index contributed by atoms with van der Waals surface area (Å²) in [5, 5.41) is 0. The summed E-state index contributed by atoms with van der Waals surface area (Å²) in [5.41, 5.74) is 11.3. The topological polar surface area (TPSA) is 32.8 Å². The molecule has 44 heavy (non-hydrogen) atoms. The van der Waals surface area contributed by atoms with Gasteiger partial charge in [-0.2, -0.15) is 0 Å². The predicted molar refractivity (Wildman–Crippen MR) is 182 cm³/mol. The van der Waals surface area contributed by atoms with Crippen LogP contribution in [0.25, 0.3) is 11.1 Å². The molecule has 4 heteroatoms. The van der Waals surface area contributed by atoms with Crippen LogP contribution in [-0.2, 0) is 9.53 Å². The quantitative estimate of drug-likeness (QED) is 0.172. The second-order valence-corrected chi connectivity index (χ2v) is 11.1. The van der Waals surface area contributed by atoms with E-state index in [1.807, 2.05) is 18.2 Å². The third-order valence-corrected chi connectivity index (χ3v) is 7.73. The Labute approximate surface area is 260 Å². The highest BCUT2D eigenvalue weighted by atomic mass is 16.5. The molecule has 0 spiro atoms. The van der Waals surface area contributed by atoms with E-state index >= 15 is 0 Å². The number of esters is 1. The number of allylic oxidation sites excluding steroid dienone is 1. The Morgan fingerprint density at radius 3 is 1.61 bits per heavy atom. The lowest BCUT2D eigenvalue weighted by atomic mass is 10.0. The number of rotatable bonds is 8. The van der Waals surface area contributed by atoms with Crippen LogP contribution in [-0.4, -0.2) is 12.1 Å². The lowest BCUT2D eigenvalue weighted by Gasteiger charge is -2.29. The SMILES string of the molecule is CC(=O)OC1C=CC(N(c2ccc(-c3ccc(N(c4ccccc4)c4cccc(C)c4)cc3)cc2)c2cccc(C)c2)=CC1. The summed E-state index contributed by atoms with van der Waals surface area (Å²) in [6.07, 6.45) is 6.55. The maximum atomic E-state index is 11.5. The fourth-order valence-corrected chi connectivity index (χ4v) is 5.67. The van der Waals surface area contributed by atoms with E-state index in [0.29, 0.717) is 6.42 Å². The van der Waals surface area contributed by atoms with E-state index in [1.165, 1.54) is 18.1 Å². The Kier molecular flexibility index (Phi) is 8.42. The van der Waals surface area contributed by atoms with Crippen LogP contribution in [0.1, 0.15) is 24.5 Å². The number of benzene rings is 5. The van der Waals surface area contributed by atoms with Crippen LogP contribution >= 0.6 is 0 Å². The maximum Gasteiger partial charge on any atom is 0.303 e. The Hall–Kier alpha value is -5.35. The molecule has 5 aromatic carbocycles. The van der Waals surface area contributed by atoms with Crippen molar-refractivity contribution >= 4 is 34.4 Å². The van der Waals surface area contributed by atoms with Crippen LogP contribution < -0.4 is 9.80 Å². The maximum absolute atomic E-state index is 11.5. The summed E-state index contributed by atoms with van der Waals surface area (Å²) >= 11 is 0. The molecule has 0 saturated heterocycles. The van der Waals surface area contributed by atoms with Crippen molar-refractivity contribution in [3.63, 3.8) is 0 Å². The first-order valence-electron chi connectivity index (χ1n) is 15.0. The summed E-state index contributed by atoms with van der Waals surface area (Å²) in [6.45, 7) is 5.68. The minimum absolute atomic E-state index is 0.232. The smallest absolute Gasteiger partial charge is 0.303 e. The summed E-state index contributed by atoms with van der Waals surface area (Å²) in [6, 6.07) is 45.0. The van der Waals surface area contributed by atoms with Crippen molar-refractivity contribution in [3.8, 4) is 11.1 Å². The number of carbonyl (C=O) groups excluding carboxylic acids is 1. The molecule has 6 rings (SSSR count). The molecular formula is C40H36N2O2. The van der Waals surface area contributed by atoms with Gasteiger partial charge in [0, 0.05) is 47.5 Å². The van der Waals surface area contributed by atoms with Gasteiger partial charge >= 0.3 is 5.97 Å². The first kappa shape index (κ1) is 28.8. The van der Waals surface area contributed by atoms with Crippen LogP contribution in [0.4, 0.5) is 28.4 Å². The van der Waals surface area contributed by atoms with Gasteiger partial charge in [-0.05, 0) is 109 Å². The van der Waals surface area contributed by atoms with Gasteiger partial charge in [-0.25, -0.2) is 0 Å². The number of hydrogen-bond acceptors (Lipinski definition) is 4. The van der Waals surface area contributed by atoms with E-state index in [-0.39, 0.29) is 12.1 Å². The summed E-state index contributed by atoms with van der Waals surface area (Å²) < 4.78 is 5.40. The Balaban J connectivity index is 1.29. The zero-order valence-corrected chi connectivity index (χ0v) is 25.4. The molecule has 1 atom stereocenters. The molecule has 0 amide bonds. The fraction of sp³-hybridized carbons (Fsp3) is 0.125. The fourth-order valence-electron chi connectivity index (χ4n) is 5.67. The average Bonchev–Trinajstić information content (AvgIpc) is 3.03. The van der Waals surface area contributed by atoms with Crippen molar-refractivity contribution in [3.05, 3.63) is 162 Å². The Bertz CT molecular complexity index is 1810. The number of aryl methyl sites for hydroxylation is 2. The van der Waals surface area contributed by atoms with Crippen LogP contribution in [0, 0.1) is 13.8 Å². The van der Waals surface area contributed by atoms with Gasteiger partial charge in [-0.3, -0.25) is 4.79 Å². The second-order valence-electron chi connectivity index (χ2n) is 11.1. The van der Waals surface area contributed by atoms with Gasteiger partial charge < -0.3 is 14.5 Å². The third-order valence-electron chi connectivity index (χ3n) is 7.73. The molecular weight excluding hydrogens is 540 g/mol. The Morgan fingerprint density at radius 2 is 1.11 bits per heavy atom. The third kappa shape index (κ3) is 6.50. The van der Waals surface area contributed by atoms with Crippen molar-refractivity contribution in [2.45, 2.75) is 33.3 Å². The summed E-state index contributed by atoms with van der Waals surface area (Å²) in [4.78, 5) is 16.0. The molecule has 5 aromatic rings. The molecule has 0 heterocycles. The van der Waals surface area contributed by atoms with E-state index < -0.39 is 0 Å². The number of ether oxygens (including phenoxy) is 1. The predicted octanol–water partition coefficient (Wildman–Crippen LogP) is 10.4. The molecule has 0 N–H and O–H groups in total. The number of anilines is 5. The molecule has 0 aliphatic heterocycles. The lowest BCUT2D eigenvalue weighted by Crippen LogP contribution is -2.21. The minimum atomic E-state index is -0.265. The van der Waals surface area contributed by atoms with E-state index in [9.17, 15) is 4.79 Å². The largest absolute Gasteiger partial charge is 0.458 e. The number of hydrogen-bond donors (Lipinski definition) is 0. The van der Waals surface area contributed by atoms with Crippen LogP contribution in [0.3, 0.4) is 0 Å². The van der Waals surface area contributed by atoms with Gasteiger partial charge in [0.25, 0.3) is 0 Å². The van der Waals surface area contributed by atoms with Crippen molar-refractivity contribution in [1.82, 2.24) is 0 Å². The van der Waals surface area contributed by atoms with Gasteiger partial charge in [-0.15, -0.1) is 0 Å². The van der Waals surface area contributed by atoms with Gasteiger partial charge in [0.15, 0.2) is 0 Å². The number of nitrogens with zero attached hydrogens (tertiary/aromatic N) is 2. The molecule has 0 bridgehead atoms. The highest BCUT2D eigenvalue weighted by Crippen LogP contribution is 2.37. The number of para-hydroxylation sites is 1. The Morgan fingerprint density at radius 1 is 0.614 bits per heavy atom. The molecule has 1 aliphatic carbocycles. The van der Waals surface area contributed by atoms with Crippen LogP contribution in [0.5, 0.6) is 0 Å². The van der Waals surface area contributed by atoms with Gasteiger partial charge in [0.05, 0.1) is 0 Å². The molecule has 218 valence electrons. The van der Waals surface area contributed by atoms with Gasteiger partial charge in [-0.1, -0.05) is 72.8 Å². The first-order chi connectivity index (χ1) is 21.4. The molecule has 0 radical (unpaired) electrons. The van der Waals surface area contributed by atoms with E-state index in [0.717, 1.165) is 45.3 Å². The van der Waals surface area contributed by atoms with Crippen molar-refractivity contribution in [2.75, 3.05) is 9.80 Å². The lowest BCUT2D eigenvalue weighted by molar-refractivity contribution is -0.144. The summed E-state index contributed by atoms with van der Waals surface area (Å²) in [7, 11) is 0. The zero-order valence-electron chi connectivity index (χ0n) is 25.4. The van der Waals surface area contributed by atoms with Gasteiger partial charge in [0.1, 0.15) is 6.10 Å². The van der Waals surface area contributed by atoms with Crippen molar-refractivity contribution in [2.24, 2.45) is 0 Å². The van der Waals surface area contributed by atoms with E-state index in [2.05, 4.69) is 151 Å². The molecule has 4 nitrogen and oxygen atoms in total.